The van der Waals surface area contributed by atoms with Gasteiger partial charge in [0.25, 0.3) is 0 Å². The van der Waals surface area contributed by atoms with Gasteiger partial charge in [-0.05, 0) is 35.1 Å². The smallest absolute Gasteiger partial charge is 0.176 e. The number of carbonyl (C=O) groups is 1. The minimum Gasteiger partial charge on any atom is -0.313 e. The normalized spacial score (nSPS) is 10.1. The fraction of sp³-hybridized carbons (Fsp3) is 0.222. The molecule has 0 saturated heterocycles. The number of rotatable bonds is 3. The van der Waals surface area contributed by atoms with Crippen molar-refractivity contribution in [3.05, 3.63) is 33.3 Å². The lowest BCUT2D eigenvalue weighted by molar-refractivity contribution is 0.0993. The van der Waals surface area contributed by atoms with E-state index in [1.54, 1.807) is 25.2 Å². The van der Waals surface area contributed by atoms with E-state index in [0.717, 1.165) is 4.47 Å². The SMILES string of the molecule is CNCC(=O)c1ccc(Br)c(Cl)c1. The van der Waals surface area contributed by atoms with Gasteiger partial charge in [-0.25, -0.2) is 0 Å². The van der Waals surface area contributed by atoms with Crippen LogP contribution < -0.4 is 5.32 Å². The molecule has 0 radical (unpaired) electrons. The number of ketones is 1. The van der Waals surface area contributed by atoms with Crippen LogP contribution in [0.5, 0.6) is 0 Å². The summed E-state index contributed by atoms with van der Waals surface area (Å²) in [6.45, 7) is 0.331. The van der Waals surface area contributed by atoms with Gasteiger partial charge < -0.3 is 5.32 Å². The van der Waals surface area contributed by atoms with E-state index in [4.69, 9.17) is 11.6 Å². The Kier molecular flexibility index (Phi) is 3.90. The molecule has 0 amide bonds. The molecule has 0 aliphatic heterocycles. The first-order valence-electron chi connectivity index (χ1n) is 3.78. The molecule has 4 heteroatoms. The fourth-order valence-electron chi connectivity index (χ4n) is 0.932. The van der Waals surface area contributed by atoms with Crippen molar-refractivity contribution in [2.45, 2.75) is 0 Å². The Balaban J connectivity index is 2.90. The molecule has 1 aromatic carbocycles. The van der Waals surface area contributed by atoms with Gasteiger partial charge in [0.05, 0.1) is 11.6 Å². The number of Topliss-reactive ketones (excluding diaryl/α,β-unsaturated/α-hetero) is 1. The van der Waals surface area contributed by atoms with Crippen molar-refractivity contribution in [1.82, 2.24) is 5.32 Å². The van der Waals surface area contributed by atoms with Crippen LogP contribution in [0.4, 0.5) is 0 Å². The van der Waals surface area contributed by atoms with Crippen molar-refractivity contribution < 1.29 is 4.79 Å². The maximum atomic E-state index is 11.4. The van der Waals surface area contributed by atoms with Crippen LogP contribution in [-0.4, -0.2) is 19.4 Å². The lowest BCUT2D eigenvalue weighted by atomic mass is 10.1. The predicted octanol–water partition coefficient (Wildman–Crippen LogP) is 2.50. The summed E-state index contributed by atoms with van der Waals surface area (Å²) in [5.74, 6) is 0.0388. The van der Waals surface area contributed by atoms with E-state index in [1.165, 1.54) is 0 Å². The molecule has 0 atom stereocenters. The monoisotopic (exact) mass is 261 g/mol. The Morgan fingerprint density at radius 3 is 2.85 bits per heavy atom. The number of halogens is 2. The van der Waals surface area contributed by atoms with Crippen LogP contribution in [0.15, 0.2) is 22.7 Å². The molecule has 1 rings (SSSR count). The first-order chi connectivity index (χ1) is 6.15. The molecule has 0 aromatic heterocycles. The average molecular weight is 263 g/mol. The molecule has 0 aliphatic rings. The van der Waals surface area contributed by atoms with Gasteiger partial charge in [0.15, 0.2) is 5.78 Å². The predicted molar refractivity (Wildman–Crippen MR) is 57.4 cm³/mol. The summed E-state index contributed by atoms with van der Waals surface area (Å²) in [5, 5.41) is 3.35. The molecule has 13 heavy (non-hydrogen) atoms. The summed E-state index contributed by atoms with van der Waals surface area (Å²) in [6, 6.07) is 5.17. The van der Waals surface area contributed by atoms with E-state index in [-0.39, 0.29) is 5.78 Å². The fourth-order valence-corrected chi connectivity index (χ4v) is 1.36. The molecular weight excluding hydrogens is 253 g/mol. The zero-order valence-electron chi connectivity index (χ0n) is 7.10. The van der Waals surface area contributed by atoms with Crippen molar-refractivity contribution in [3.8, 4) is 0 Å². The van der Waals surface area contributed by atoms with Gasteiger partial charge in [0.1, 0.15) is 0 Å². The first kappa shape index (κ1) is 10.7. The van der Waals surface area contributed by atoms with Crippen LogP contribution in [0.1, 0.15) is 10.4 Å². The van der Waals surface area contributed by atoms with E-state index in [9.17, 15) is 4.79 Å². The zero-order chi connectivity index (χ0) is 9.84. The topological polar surface area (TPSA) is 29.1 Å². The number of benzene rings is 1. The van der Waals surface area contributed by atoms with E-state index < -0.39 is 0 Å². The number of hydrogen-bond donors (Lipinski definition) is 1. The Hall–Kier alpha value is -0.380. The number of carbonyl (C=O) groups excluding carboxylic acids is 1. The lowest BCUT2D eigenvalue weighted by Gasteiger charge is -2.01. The highest BCUT2D eigenvalue weighted by molar-refractivity contribution is 9.10. The second-order valence-electron chi connectivity index (χ2n) is 2.58. The van der Waals surface area contributed by atoms with E-state index in [1.807, 2.05) is 0 Å². The van der Waals surface area contributed by atoms with E-state index in [0.29, 0.717) is 17.1 Å². The van der Waals surface area contributed by atoms with Crippen LogP contribution >= 0.6 is 27.5 Å². The van der Waals surface area contributed by atoms with Gasteiger partial charge in [-0.1, -0.05) is 17.7 Å². The molecular formula is C9H9BrClNO. The minimum absolute atomic E-state index is 0.0388. The van der Waals surface area contributed by atoms with Gasteiger partial charge in [0, 0.05) is 10.0 Å². The van der Waals surface area contributed by atoms with Crippen LogP contribution in [0, 0.1) is 0 Å². The van der Waals surface area contributed by atoms with E-state index in [2.05, 4.69) is 21.2 Å². The Labute approximate surface area is 90.4 Å². The molecule has 1 N–H and O–H groups in total. The molecule has 0 fully saturated rings. The molecule has 0 aliphatic carbocycles. The van der Waals surface area contributed by atoms with Gasteiger partial charge in [0.2, 0.25) is 0 Å². The van der Waals surface area contributed by atoms with Gasteiger partial charge in [-0.15, -0.1) is 0 Å². The third-order valence-corrected chi connectivity index (χ3v) is 2.81. The van der Waals surface area contributed by atoms with Crippen LogP contribution in [-0.2, 0) is 0 Å². The van der Waals surface area contributed by atoms with Crippen molar-refractivity contribution in [1.29, 1.82) is 0 Å². The van der Waals surface area contributed by atoms with E-state index >= 15 is 0 Å². The standard InChI is InChI=1S/C9H9BrClNO/c1-12-5-9(13)6-2-3-7(10)8(11)4-6/h2-4,12H,5H2,1H3. The lowest BCUT2D eigenvalue weighted by Crippen LogP contribution is -2.18. The van der Waals surface area contributed by atoms with Gasteiger partial charge in [-0.3, -0.25) is 4.79 Å². The number of likely N-dealkylation sites (N-methyl/N-ethyl adjacent to an activating group) is 1. The molecule has 70 valence electrons. The number of hydrogen-bond acceptors (Lipinski definition) is 2. The Morgan fingerprint density at radius 2 is 2.31 bits per heavy atom. The molecule has 0 heterocycles. The summed E-state index contributed by atoms with van der Waals surface area (Å²) in [5.41, 5.74) is 0.627. The average Bonchev–Trinajstić information content (AvgIpc) is 2.10. The summed E-state index contributed by atoms with van der Waals surface area (Å²) in [7, 11) is 1.73. The van der Waals surface area contributed by atoms with Crippen LogP contribution in [0.2, 0.25) is 5.02 Å². The molecule has 2 nitrogen and oxygen atoms in total. The molecule has 0 spiro atoms. The van der Waals surface area contributed by atoms with Crippen LogP contribution in [0.25, 0.3) is 0 Å². The maximum absolute atomic E-state index is 11.4. The maximum Gasteiger partial charge on any atom is 0.176 e. The highest BCUT2D eigenvalue weighted by Gasteiger charge is 2.06. The molecule has 0 unspecified atom stereocenters. The molecule has 0 bridgehead atoms. The highest BCUT2D eigenvalue weighted by atomic mass is 79.9. The third-order valence-electron chi connectivity index (χ3n) is 1.58. The Morgan fingerprint density at radius 1 is 1.62 bits per heavy atom. The summed E-state index contributed by atoms with van der Waals surface area (Å²) in [4.78, 5) is 11.4. The van der Waals surface area contributed by atoms with Gasteiger partial charge >= 0.3 is 0 Å². The van der Waals surface area contributed by atoms with Crippen molar-refractivity contribution in [2.24, 2.45) is 0 Å². The minimum atomic E-state index is 0.0388. The highest BCUT2D eigenvalue weighted by Crippen LogP contribution is 2.23. The summed E-state index contributed by atoms with van der Waals surface area (Å²) >= 11 is 9.10. The Bertz CT molecular complexity index is 327. The zero-order valence-corrected chi connectivity index (χ0v) is 9.45. The third kappa shape index (κ3) is 2.79. The quantitative estimate of drug-likeness (QED) is 0.848. The molecule has 1 aromatic rings. The van der Waals surface area contributed by atoms with Crippen LogP contribution in [0.3, 0.4) is 0 Å². The first-order valence-corrected chi connectivity index (χ1v) is 4.95. The van der Waals surface area contributed by atoms with Crippen molar-refractivity contribution >= 4 is 33.3 Å². The van der Waals surface area contributed by atoms with Crippen molar-refractivity contribution in [2.75, 3.05) is 13.6 Å². The van der Waals surface area contributed by atoms with Crippen molar-refractivity contribution in [3.63, 3.8) is 0 Å². The summed E-state index contributed by atoms with van der Waals surface area (Å²) in [6.07, 6.45) is 0. The second kappa shape index (κ2) is 4.74. The molecule has 0 saturated carbocycles. The summed E-state index contributed by atoms with van der Waals surface area (Å²) < 4.78 is 0.801. The largest absolute Gasteiger partial charge is 0.313 e. The second-order valence-corrected chi connectivity index (χ2v) is 3.84. The van der Waals surface area contributed by atoms with Gasteiger partial charge in [-0.2, -0.15) is 0 Å². The number of nitrogens with one attached hydrogen (secondary N) is 1.